The Bertz CT molecular complexity index is 477. The highest BCUT2D eigenvalue weighted by Gasteiger charge is 2.18. The SMILES string of the molecule is CC(C)CC(CN)CC(=O)NC(C)c1ccc(F)cc1F. The molecule has 0 heterocycles. The number of amides is 1. The topological polar surface area (TPSA) is 55.1 Å². The first-order chi connectivity index (χ1) is 9.83. The van der Waals surface area contributed by atoms with Crippen molar-refractivity contribution < 1.29 is 13.6 Å². The summed E-state index contributed by atoms with van der Waals surface area (Å²) in [6.07, 6.45) is 1.20. The third-order valence-electron chi connectivity index (χ3n) is 3.42. The Morgan fingerprint density at radius 3 is 2.48 bits per heavy atom. The van der Waals surface area contributed by atoms with Gasteiger partial charge in [-0.15, -0.1) is 0 Å². The van der Waals surface area contributed by atoms with Gasteiger partial charge in [-0.1, -0.05) is 19.9 Å². The van der Waals surface area contributed by atoms with E-state index in [2.05, 4.69) is 19.2 Å². The Kier molecular flexibility index (Phi) is 6.75. The summed E-state index contributed by atoms with van der Waals surface area (Å²) in [6.45, 7) is 6.28. The fourth-order valence-corrected chi connectivity index (χ4v) is 2.42. The van der Waals surface area contributed by atoms with Crippen molar-refractivity contribution in [1.82, 2.24) is 5.32 Å². The zero-order valence-electron chi connectivity index (χ0n) is 12.8. The maximum absolute atomic E-state index is 13.6. The Labute approximate surface area is 124 Å². The normalized spacial score (nSPS) is 14.0. The number of rotatable bonds is 7. The number of nitrogens with two attached hydrogens (primary N) is 1. The third kappa shape index (κ3) is 5.79. The Hall–Kier alpha value is -1.49. The van der Waals surface area contributed by atoms with Gasteiger partial charge < -0.3 is 11.1 Å². The fraction of sp³-hybridized carbons (Fsp3) is 0.562. The number of carbonyl (C=O) groups excluding carboxylic acids is 1. The first-order valence-corrected chi connectivity index (χ1v) is 7.27. The van der Waals surface area contributed by atoms with Crippen molar-refractivity contribution in [2.75, 3.05) is 6.54 Å². The van der Waals surface area contributed by atoms with Gasteiger partial charge in [0.25, 0.3) is 0 Å². The van der Waals surface area contributed by atoms with Crippen molar-refractivity contribution in [2.45, 2.75) is 39.7 Å². The Balaban J connectivity index is 2.61. The molecule has 21 heavy (non-hydrogen) atoms. The highest BCUT2D eigenvalue weighted by Crippen LogP contribution is 2.19. The highest BCUT2D eigenvalue weighted by molar-refractivity contribution is 5.76. The van der Waals surface area contributed by atoms with Gasteiger partial charge >= 0.3 is 0 Å². The average molecular weight is 298 g/mol. The standard InChI is InChI=1S/C16H24F2N2O/c1-10(2)6-12(9-19)7-16(21)20-11(3)14-5-4-13(17)8-15(14)18/h4-5,8,10-12H,6-7,9,19H2,1-3H3,(H,20,21). The summed E-state index contributed by atoms with van der Waals surface area (Å²) in [5.41, 5.74) is 5.95. The van der Waals surface area contributed by atoms with E-state index in [0.29, 0.717) is 18.9 Å². The summed E-state index contributed by atoms with van der Waals surface area (Å²) in [4.78, 5) is 12.0. The molecule has 0 spiro atoms. The van der Waals surface area contributed by atoms with Crippen LogP contribution in [0, 0.1) is 23.5 Å². The highest BCUT2D eigenvalue weighted by atomic mass is 19.1. The second-order valence-electron chi connectivity index (χ2n) is 5.89. The molecule has 1 amide bonds. The molecule has 2 atom stereocenters. The van der Waals surface area contributed by atoms with Crippen LogP contribution in [-0.4, -0.2) is 12.5 Å². The number of benzene rings is 1. The van der Waals surface area contributed by atoms with Crippen molar-refractivity contribution in [1.29, 1.82) is 0 Å². The van der Waals surface area contributed by atoms with E-state index in [0.717, 1.165) is 12.5 Å². The molecule has 1 rings (SSSR count). The summed E-state index contributed by atoms with van der Waals surface area (Å²) in [7, 11) is 0. The van der Waals surface area contributed by atoms with Crippen molar-refractivity contribution in [3.8, 4) is 0 Å². The second kappa shape index (κ2) is 8.08. The lowest BCUT2D eigenvalue weighted by molar-refractivity contribution is -0.122. The first-order valence-electron chi connectivity index (χ1n) is 7.27. The number of nitrogens with one attached hydrogen (secondary N) is 1. The summed E-state index contributed by atoms with van der Waals surface area (Å²) in [5.74, 6) is -0.855. The van der Waals surface area contributed by atoms with Gasteiger partial charge in [-0.2, -0.15) is 0 Å². The average Bonchev–Trinajstić information content (AvgIpc) is 2.36. The van der Waals surface area contributed by atoms with Gasteiger partial charge in [-0.05, 0) is 37.8 Å². The zero-order chi connectivity index (χ0) is 16.0. The van der Waals surface area contributed by atoms with E-state index in [1.807, 2.05) is 0 Å². The molecule has 0 saturated carbocycles. The molecule has 0 aliphatic carbocycles. The molecule has 0 aliphatic heterocycles. The van der Waals surface area contributed by atoms with E-state index in [1.54, 1.807) is 6.92 Å². The molecule has 5 heteroatoms. The van der Waals surface area contributed by atoms with Crippen LogP contribution in [-0.2, 0) is 4.79 Å². The molecule has 0 saturated heterocycles. The van der Waals surface area contributed by atoms with E-state index >= 15 is 0 Å². The molecule has 0 aliphatic rings. The maximum Gasteiger partial charge on any atom is 0.220 e. The lowest BCUT2D eigenvalue weighted by Gasteiger charge is -2.19. The van der Waals surface area contributed by atoms with Gasteiger partial charge in [0.15, 0.2) is 0 Å². The van der Waals surface area contributed by atoms with E-state index < -0.39 is 17.7 Å². The Morgan fingerprint density at radius 2 is 1.95 bits per heavy atom. The van der Waals surface area contributed by atoms with E-state index in [9.17, 15) is 13.6 Å². The van der Waals surface area contributed by atoms with Crippen LogP contribution in [0.3, 0.4) is 0 Å². The smallest absolute Gasteiger partial charge is 0.220 e. The summed E-state index contributed by atoms with van der Waals surface area (Å²) in [5, 5.41) is 2.74. The quantitative estimate of drug-likeness (QED) is 0.812. The van der Waals surface area contributed by atoms with Crippen LogP contribution < -0.4 is 11.1 Å². The van der Waals surface area contributed by atoms with Crippen LogP contribution in [0.25, 0.3) is 0 Å². The fourth-order valence-electron chi connectivity index (χ4n) is 2.42. The van der Waals surface area contributed by atoms with Gasteiger partial charge in [0.2, 0.25) is 5.91 Å². The monoisotopic (exact) mass is 298 g/mol. The number of hydrogen-bond acceptors (Lipinski definition) is 2. The molecule has 1 aromatic rings. The molecular formula is C16H24F2N2O. The van der Waals surface area contributed by atoms with Gasteiger partial charge in [0.05, 0.1) is 6.04 Å². The van der Waals surface area contributed by atoms with Crippen LogP contribution in [0.2, 0.25) is 0 Å². The molecule has 0 bridgehead atoms. The van der Waals surface area contributed by atoms with Crippen LogP contribution in [0.15, 0.2) is 18.2 Å². The van der Waals surface area contributed by atoms with Gasteiger partial charge in [0, 0.05) is 18.1 Å². The summed E-state index contributed by atoms with van der Waals surface area (Å²) in [6, 6.07) is 2.85. The summed E-state index contributed by atoms with van der Waals surface area (Å²) < 4.78 is 26.5. The van der Waals surface area contributed by atoms with E-state index in [4.69, 9.17) is 5.73 Å². The molecule has 0 radical (unpaired) electrons. The minimum Gasteiger partial charge on any atom is -0.349 e. The van der Waals surface area contributed by atoms with Crippen molar-refractivity contribution in [2.24, 2.45) is 17.6 Å². The van der Waals surface area contributed by atoms with Crippen LogP contribution in [0.5, 0.6) is 0 Å². The summed E-state index contributed by atoms with van der Waals surface area (Å²) >= 11 is 0. The maximum atomic E-state index is 13.6. The Morgan fingerprint density at radius 1 is 1.29 bits per heavy atom. The molecule has 1 aromatic carbocycles. The van der Waals surface area contributed by atoms with E-state index in [1.165, 1.54) is 12.1 Å². The largest absolute Gasteiger partial charge is 0.349 e. The van der Waals surface area contributed by atoms with Crippen LogP contribution >= 0.6 is 0 Å². The van der Waals surface area contributed by atoms with Crippen LogP contribution in [0.4, 0.5) is 8.78 Å². The van der Waals surface area contributed by atoms with Crippen molar-refractivity contribution in [3.05, 3.63) is 35.4 Å². The molecule has 3 nitrogen and oxygen atoms in total. The van der Waals surface area contributed by atoms with Crippen molar-refractivity contribution in [3.63, 3.8) is 0 Å². The first kappa shape index (κ1) is 17.6. The van der Waals surface area contributed by atoms with Gasteiger partial charge in [0.1, 0.15) is 11.6 Å². The third-order valence-corrected chi connectivity index (χ3v) is 3.42. The van der Waals surface area contributed by atoms with Gasteiger partial charge in [-0.25, -0.2) is 8.78 Å². The molecule has 3 N–H and O–H groups in total. The second-order valence-corrected chi connectivity index (χ2v) is 5.89. The van der Waals surface area contributed by atoms with E-state index in [-0.39, 0.29) is 17.4 Å². The van der Waals surface area contributed by atoms with Crippen LogP contribution in [0.1, 0.15) is 45.2 Å². The molecular weight excluding hydrogens is 274 g/mol. The minimum absolute atomic E-state index is 0.121. The van der Waals surface area contributed by atoms with Crippen molar-refractivity contribution >= 4 is 5.91 Å². The predicted octanol–water partition coefficient (Wildman–Crippen LogP) is 3.15. The zero-order valence-corrected chi connectivity index (χ0v) is 12.8. The minimum atomic E-state index is -0.652. The number of halogens is 2. The van der Waals surface area contributed by atoms with Gasteiger partial charge in [-0.3, -0.25) is 4.79 Å². The lowest BCUT2D eigenvalue weighted by atomic mass is 9.94. The molecule has 118 valence electrons. The number of hydrogen-bond donors (Lipinski definition) is 2. The molecule has 2 unspecified atom stereocenters. The number of carbonyl (C=O) groups is 1. The molecule has 0 aromatic heterocycles. The lowest BCUT2D eigenvalue weighted by Crippen LogP contribution is -2.31. The predicted molar refractivity (Wildman–Crippen MR) is 79.5 cm³/mol. The molecule has 0 fully saturated rings.